The Morgan fingerprint density at radius 1 is 1.14 bits per heavy atom. The van der Waals surface area contributed by atoms with E-state index in [9.17, 15) is 5.11 Å². The van der Waals surface area contributed by atoms with E-state index in [1.54, 1.807) is 5.57 Å². The first-order valence-corrected chi connectivity index (χ1v) is 12.7. The zero-order valence-electron chi connectivity index (χ0n) is 20.1. The van der Waals surface area contributed by atoms with Crippen LogP contribution in [0.15, 0.2) is 11.6 Å². The average Bonchev–Trinajstić information content (AvgIpc) is 3.04. The Kier molecular flexibility index (Phi) is 5.78. The molecule has 0 aromatic rings. The van der Waals surface area contributed by atoms with Crippen molar-refractivity contribution in [3.63, 3.8) is 0 Å². The minimum atomic E-state index is -0.0849. The minimum absolute atomic E-state index is 0.0849. The SMILES string of the molecule is CNC(C)(C)CC[C@@H](C)[C@H]1CC[C@H]2[C@@H]3CC=C4C[C@@H](O)CC[C@]4(C)[C@H]3CC[C@]12C. The topological polar surface area (TPSA) is 32.3 Å². The lowest BCUT2D eigenvalue weighted by molar-refractivity contribution is -0.0575. The Bertz CT molecular complexity index is 638. The van der Waals surface area contributed by atoms with Gasteiger partial charge in [0, 0.05) is 5.54 Å². The molecule has 166 valence electrons. The van der Waals surface area contributed by atoms with Gasteiger partial charge in [-0.1, -0.05) is 32.4 Å². The molecule has 2 heteroatoms. The smallest absolute Gasteiger partial charge is 0.0577 e. The highest BCUT2D eigenvalue weighted by atomic mass is 16.3. The highest BCUT2D eigenvalue weighted by molar-refractivity contribution is 5.25. The predicted molar refractivity (Wildman–Crippen MR) is 123 cm³/mol. The van der Waals surface area contributed by atoms with E-state index in [4.69, 9.17) is 0 Å². The van der Waals surface area contributed by atoms with Gasteiger partial charge in [0.25, 0.3) is 0 Å². The first-order chi connectivity index (χ1) is 13.6. The van der Waals surface area contributed by atoms with Gasteiger partial charge in [0.05, 0.1) is 6.10 Å². The van der Waals surface area contributed by atoms with E-state index < -0.39 is 0 Å². The number of hydrogen-bond donors (Lipinski definition) is 2. The summed E-state index contributed by atoms with van der Waals surface area (Å²) in [5, 5.41) is 13.7. The van der Waals surface area contributed by atoms with Gasteiger partial charge in [-0.3, -0.25) is 0 Å². The largest absolute Gasteiger partial charge is 0.393 e. The lowest BCUT2D eigenvalue weighted by Crippen LogP contribution is -2.50. The fraction of sp³-hybridized carbons (Fsp3) is 0.926. The van der Waals surface area contributed by atoms with Crippen molar-refractivity contribution >= 4 is 0 Å². The Balaban J connectivity index is 1.50. The Labute approximate surface area is 180 Å². The first-order valence-electron chi connectivity index (χ1n) is 12.7. The summed E-state index contributed by atoms with van der Waals surface area (Å²) in [6, 6.07) is 0. The zero-order chi connectivity index (χ0) is 21.0. The van der Waals surface area contributed by atoms with Gasteiger partial charge in [0.15, 0.2) is 0 Å². The predicted octanol–water partition coefficient (Wildman–Crippen LogP) is 6.34. The van der Waals surface area contributed by atoms with Crippen molar-refractivity contribution in [3.8, 4) is 0 Å². The molecule has 2 N–H and O–H groups in total. The summed E-state index contributed by atoms with van der Waals surface area (Å²) in [5.41, 5.74) is 2.80. The maximum atomic E-state index is 10.2. The van der Waals surface area contributed by atoms with Crippen molar-refractivity contribution in [1.82, 2.24) is 5.32 Å². The molecule has 0 aromatic carbocycles. The molecule has 0 unspecified atom stereocenters. The van der Waals surface area contributed by atoms with Crippen LogP contribution in [-0.2, 0) is 0 Å². The molecule has 4 aliphatic rings. The Hall–Kier alpha value is -0.340. The lowest BCUT2D eigenvalue weighted by atomic mass is 9.47. The third-order valence-corrected chi connectivity index (χ3v) is 10.7. The molecule has 8 atom stereocenters. The van der Waals surface area contributed by atoms with Crippen molar-refractivity contribution in [3.05, 3.63) is 11.6 Å². The second-order valence-corrected chi connectivity index (χ2v) is 12.5. The van der Waals surface area contributed by atoms with E-state index >= 15 is 0 Å². The van der Waals surface area contributed by atoms with Crippen molar-refractivity contribution in [1.29, 1.82) is 0 Å². The molecule has 0 heterocycles. The third-order valence-electron chi connectivity index (χ3n) is 10.7. The van der Waals surface area contributed by atoms with Crippen molar-refractivity contribution < 1.29 is 5.11 Å². The number of nitrogens with one attached hydrogen (secondary N) is 1. The van der Waals surface area contributed by atoms with Crippen LogP contribution in [0.2, 0.25) is 0 Å². The lowest BCUT2D eigenvalue weighted by Gasteiger charge is -2.58. The molecule has 0 saturated heterocycles. The summed E-state index contributed by atoms with van der Waals surface area (Å²) in [5.74, 6) is 4.43. The third kappa shape index (κ3) is 3.65. The quantitative estimate of drug-likeness (QED) is 0.527. The number of hydrogen-bond acceptors (Lipinski definition) is 2. The van der Waals surface area contributed by atoms with Gasteiger partial charge in [-0.05, 0) is 126 Å². The summed E-state index contributed by atoms with van der Waals surface area (Å²) >= 11 is 0. The standard InChI is InChI=1S/C27H47NO/c1-18(11-14-25(2,3)28-6)22-9-10-23-21-8-7-19-17-20(29)12-15-26(19,4)24(21)13-16-27(22,23)5/h7,18,20-24,28-29H,8-17H2,1-6H3/t18-,20+,21+,22-,23+,24+,26+,27-/m1/s1. The zero-order valence-corrected chi connectivity index (χ0v) is 20.1. The molecule has 0 aromatic heterocycles. The van der Waals surface area contributed by atoms with Crippen LogP contribution < -0.4 is 5.32 Å². The van der Waals surface area contributed by atoms with Gasteiger partial charge in [-0.15, -0.1) is 0 Å². The van der Waals surface area contributed by atoms with Crippen LogP contribution in [0.1, 0.15) is 98.8 Å². The first kappa shape index (κ1) is 21.9. The van der Waals surface area contributed by atoms with Crippen LogP contribution in [-0.4, -0.2) is 23.8 Å². The summed E-state index contributed by atoms with van der Waals surface area (Å²) < 4.78 is 0. The van der Waals surface area contributed by atoms with E-state index in [2.05, 4.69) is 53.1 Å². The summed E-state index contributed by atoms with van der Waals surface area (Å²) in [7, 11) is 2.11. The number of rotatable bonds is 5. The molecule has 4 rings (SSSR count). The highest BCUT2D eigenvalue weighted by Gasteiger charge is 2.59. The van der Waals surface area contributed by atoms with Crippen molar-refractivity contribution in [2.45, 2.75) is 110 Å². The van der Waals surface area contributed by atoms with Gasteiger partial charge in [-0.2, -0.15) is 0 Å². The van der Waals surface area contributed by atoms with Gasteiger partial charge in [0.1, 0.15) is 0 Å². The van der Waals surface area contributed by atoms with Crippen molar-refractivity contribution in [2.75, 3.05) is 7.05 Å². The monoisotopic (exact) mass is 401 g/mol. The number of fused-ring (bicyclic) bond motifs is 5. The molecular formula is C27H47NO. The maximum absolute atomic E-state index is 10.2. The van der Waals surface area contributed by atoms with Crippen LogP contribution in [0.5, 0.6) is 0 Å². The van der Waals surface area contributed by atoms with Gasteiger partial charge in [0.2, 0.25) is 0 Å². The molecule has 0 amide bonds. The van der Waals surface area contributed by atoms with Gasteiger partial charge < -0.3 is 10.4 Å². The Morgan fingerprint density at radius 3 is 2.62 bits per heavy atom. The highest BCUT2D eigenvalue weighted by Crippen LogP contribution is 2.67. The minimum Gasteiger partial charge on any atom is -0.393 e. The van der Waals surface area contributed by atoms with Gasteiger partial charge >= 0.3 is 0 Å². The number of aliphatic hydroxyl groups is 1. The molecule has 29 heavy (non-hydrogen) atoms. The number of aliphatic hydroxyl groups excluding tert-OH is 1. The van der Waals surface area contributed by atoms with E-state index in [-0.39, 0.29) is 11.6 Å². The second-order valence-electron chi connectivity index (χ2n) is 12.5. The number of allylic oxidation sites excluding steroid dienone is 1. The van der Waals surface area contributed by atoms with Crippen LogP contribution in [0.25, 0.3) is 0 Å². The molecule has 3 saturated carbocycles. The van der Waals surface area contributed by atoms with E-state index in [0.717, 1.165) is 42.4 Å². The van der Waals surface area contributed by atoms with Gasteiger partial charge in [-0.25, -0.2) is 0 Å². The van der Waals surface area contributed by atoms with Crippen LogP contribution in [0, 0.1) is 40.4 Å². The molecule has 0 radical (unpaired) electrons. The Morgan fingerprint density at radius 2 is 1.90 bits per heavy atom. The maximum Gasteiger partial charge on any atom is 0.0577 e. The van der Waals surface area contributed by atoms with E-state index in [0.29, 0.717) is 10.8 Å². The molecular weight excluding hydrogens is 354 g/mol. The summed E-state index contributed by atoms with van der Waals surface area (Å²) in [6.45, 7) is 12.5. The molecule has 0 aliphatic heterocycles. The summed E-state index contributed by atoms with van der Waals surface area (Å²) in [6.07, 6.45) is 15.4. The normalized spacial score (nSPS) is 45.8. The fourth-order valence-corrected chi connectivity index (χ4v) is 8.53. The van der Waals surface area contributed by atoms with Crippen LogP contribution in [0.3, 0.4) is 0 Å². The van der Waals surface area contributed by atoms with Crippen LogP contribution in [0.4, 0.5) is 0 Å². The van der Waals surface area contributed by atoms with Crippen molar-refractivity contribution in [2.24, 2.45) is 40.4 Å². The van der Waals surface area contributed by atoms with E-state index in [1.807, 2.05) is 0 Å². The summed E-state index contributed by atoms with van der Waals surface area (Å²) in [4.78, 5) is 0. The fourth-order valence-electron chi connectivity index (χ4n) is 8.53. The average molecular weight is 402 g/mol. The second kappa shape index (κ2) is 7.66. The molecule has 3 fully saturated rings. The molecule has 2 nitrogen and oxygen atoms in total. The molecule has 4 aliphatic carbocycles. The van der Waals surface area contributed by atoms with Crippen LogP contribution >= 0.6 is 0 Å². The molecule has 0 bridgehead atoms. The molecule has 0 spiro atoms. The van der Waals surface area contributed by atoms with E-state index in [1.165, 1.54) is 51.4 Å².